The van der Waals surface area contributed by atoms with Crippen LogP contribution in [0.4, 0.5) is 4.39 Å². The first-order valence-corrected chi connectivity index (χ1v) is 6.29. The molecule has 15 heavy (non-hydrogen) atoms. The van der Waals surface area contributed by atoms with Gasteiger partial charge in [0.1, 0.15) is 0 Å². The van der Waals surface area contributed by atoms with E-state index in [1.807, 2.05) is 0 Å². The molecule has 1 N–H and O–H groups in total. The molecule has 0 aromatic heterocycles. The molecule has 0 aliphatic carbocycles. The van der Waals surface area contributed by atoms with E-state index in [0.29, 0.717) is 12.5 Å². The largest absolute Gasteiger partial charge is 0.312 e. The molecule has 1 rings (SSSR count). The number of halogens is 1. The van der Waals surface area contributed by atoms with Crippen LogP contribution in [0.1, 0.15) is 33.1 Å². The van der Waals surface area contributed by atoms with Crippen molar-refractivity contribution in [1.82, 2.24) is 10.2 Å². The van der Waals surface area contributed by atoms with Crippen molar-refractivity contribution in [3.05, 3.63) is 0 Å². The zero-order valence-electron chi connectivity index (χ0n) is 10.1. The zero-order chi connectivity index (χ0) is 11.1. The van der Waals surface area contributed by atoms with Gasteiger partial charge in [-0.2, -0.15) is 0 Å². The lowest BCUT2D eigenvalue weighted by Gasteiger charge is -2.27. The van der Waals surface area contributed by atoms with E-state index in [-0.39, 0.29) is 6.67 Å². The first-order valence-electron chi connectivity index (χ1n) is 6.29. The summed E-state index contributed by atoms with van der Waals surface area (Å²) >= 11 is 0. The first kappa shape index (κ1) is 12.9. The summed E-state index contributed by atoms with van der Waals surface area (Å²) < 4.78 is 12.1. The number of hydrogen-bond acceptors (Lipinski definition) is 2. The molecule has 1 fully saturated rings. The lowest BCUT2D eigenvalue weighted by atomic mass is 9.99. The Balaban J connectivity index is 2.38. The molecule has 1 aliphatic rings. The average molecular weight is 216 g/mol. The molecule has 90 valence electrons. The van der Waals surface area contributed by atoms with Gasteiger partial charge in [-0.15, -0.1) is 0 Å². The van der Waals surface area contributed by atoms with Crippen molar-refractivity contribution >= 4 is 0 Å². The highest BCUT2D eigenvalue weighted by Crippen LogP contribution is 2.12. The molecule has 0 amide bonds. The standard InChI is InChI=1S/C12H25FN2/c1-3-11(2)12-10-15(8-4-6-13)9-5-7-14-12/h11-12,14H,3-10H2,1-2H3. The van der Waals surface area contributed by atoms with Crippen molar-refractivity contribution in [1.29, 1.82) is 0 Å². The Morgan fingerprint density at radius 1 is 1.53 bits per heavy atom. The number of rotatable bonds is 5. The minimum Gasteiger partial charge on any atom is -0.312 e. The van der Waals surface area contributed by atoms with Crippen molar-refractivity contribution in [2.24, 2.45) is 5.92 Å². The van der Waals surface area contributed by atoms with Crippen LogP contribution in [0.3, 0.4) is 0 Å². The zero-order valence-corrected chi connectivity index (χ0v) is 10.1. The highest BCUT2D eigenvalue weighted by atomic mass is 19.1. The lowest BCUT2D eigenvalue weighted by molar-refractivity contribution is 0.229. The Morgan fingerprint density at radius 3 is 3.00 bits per heavy atom. The number of alkyl halides is 1. The minimum atomic E-state index is -0.183. The molecule has 0 aromatic carbocycles. The number of nitrogens with zero attached hydrogens (tertiary/aromatic N) is 1. The smallest absolute Gasteiger partial charge is 0.0906 e. The molecule has 2 unspecified atom stereocenters. The summed E-state index contributed by atoms with van der Waals surface area (Å²) in [6.07, 6.45) is 3.10. The predicted octanol–water partition coefficient (Wildman–Crippen LogP) is 2.06. The maximum Gasteiger partial charge on any atom is 0.0906 e. The fraction of sp³-hybridized carbons (Fsp3) is 1.00. The fourth-order valence-corrected chi connectivity index (χ4v) is 2.18. The van der Waals surface area contributed by atoms with Crippen LogP contribution in [-0.2, 0) is 0 Å². The first-order chi connectivity index (χ1) is 7.27. The van der Waals surface area contributed by atoms with Crippen molar-refractivity contribution in [3.8, 4) is 0 Å². The van der Waals surface area contributed by atoms with E-state index in [4.69, 9.17) is 0 Å². The molecule has 3 heteroatoms. The van der Waals surface area contributed by atoms with E-state index >= 15 is 0 Å². The van der Waals surface area contributed by atoms with E-state index in [2.05, 4.69) is 24.1 Å². The predicted molar refractivity (Wildman–Crippen MR) is 62.9 cm³/mol. The molecular formula is C12H25FN2. The van der Waals surface area contributed by atoms with Gasteiger partial charge in [-0.25, -0.2) is 0 Å². The van der Waals surface area contributed by atoms with E-state index in [1.165, 1.54) is 12.8 Å². The maximum absolute atomic E-state index is 12.1. The summed E-state index contributed by atoms with van der Waals surface area (Å²) in [5.74, 6) is 0.718. The van der Waals surface area contributed by atoms with Gasteiger partial charge in [-0.3, -0.25) is 4.39 Å². The molecular weight excluding hydrogens is 191 g/mol. The Bertz CT molecular complexity index is 164. The normalized spacial score (nSPS) is 26.2. The highest BCUT2D eigenvalue weighted by molar-refractivity contribution is 4.80. The summed E-state index contributed by atoms with van der Waals surface area (Å²) in [4.78, 5) is 2.41. The van der Waals surface area contributed by atoms with Crippen LogP contribution >= 0.6 is 0 Å². The van der Waals surface area contributed by atoms with Gasteiger partial charge >= 0.3 is 0 Å². The molecule has 0 aromatic rings. The molecule has 1 aliphatic heterocycles. The number of nitrogens with one attached hydrogen (secondary N) is 1. The fourth-order valence-electron chi connectivity index (χ4n) is 2.18. The Hall–Kier alpha value is -0.150. The van der Waals surface area contributed by atoms with Gasteiger partial charge in [0, 0.05) is 19.1 Å². The summed E-state index contributed by atoms with van der Waals surface area (Å²) in [6, 6.07) is 0.595. The molecule has 0 saturated carbocycles. The summed E-state index contributed by atoms with van der Waals surface area (Å²) in [6.45, 7) is 8.61. The SMILES string of the molecule is CCC(C)C1CN(CCCF)CCCN1. The van der Waals surface area contributed by atoms with E-state index in [9.17, 15) is 4.39 Å². The average Bonchev–Trinajstić information content (AvgIpc) is 2.50. The topological polar surface area (TPSA) is 15.3 Å². The van der Waals surface area contributed by atoms with Crippen LogP contribution in [0.25, 0.3) is 0 Å². The molecule has 1 heterocycles. The quantitative estimate of drug-likeness (QED) is 0.756. The second kappa shape index (κ2) is 7.18. The summed E-state index contributed by atoms with van der Waals surface area (Å²) in [5, 5.41) is 3.60. The highest BCUT2D eigenvalue weighted by Gasteiger charge is 2.21. The maximum atomic E-state index is 12.1. The van der Waals surface area contributed by atoms with Crippen molar-refractivity contribution in [2.45, 2.75) is 39.2 Å². The van der Waals surface area contributed by atoms with Crippen LogP contribution in [-0.4, -0.2) is 43.8 Å². The van der Waals surface area contributed by atoms with Crippen molar-refractivity contribution in [2.75, 3.05) is 32.9 Å². The molecule has 0 bridgehead atoms. The van der Waals surface area contributed by atoms with Gasteiger partial charge in [0.2, 0.25) is 0 Å². The van der Waals surface area contributed by atoms with Crippen LogP contribution < -0.4 is 5.32 Å². The van der Waals surface area contributed by atoms with E-state index in [0.717, 1.165) is 32.1 Å². The lowest BCUT2D eigenvalue weighted by Crippen LogP contribution is -2.42. The van der Waals surface area contributed by atoms with Gasteiger partial charge in [-0.05, 0) is 31.8 Å². The molecule has 0 radical (unpaired) electrons. The van der Waals surface area contributed by atoms with E-state index < -0.39 is 0 Å². The molecule has 2 atom stereocenters. The molecule has 2 nitrogen and oxygen atoms in total. The van der Waals surface area contributed by atoms with Gasteiger partial charge in [0.25, 0.3) is 0 Å². The number of hydrogen-bond donors (Lipinski definition) is 1. The van der Waals surface area contributed by atoms with Crippen LogP contribution in [0, 0.1) is 5.92 Å². The third kappa shape index (κ3) is 4.47. The van der Waals surface area contributed by atoms with Crippen molar-refractivity contribution in [3.63, 3.8) is 0 Å². The van der Waals surface area contributed by atoms with Gasteiger partial charge in [0.15, 0.2) is 0 Å². The third-order valence-corrected chi connectivity index (χ3v) is 3.45. The third-order valence-electron chi connectivity index (χ3n) is 3.45. The van der Waals surface area contributed by atoms with Gasteiger partial charge in [0.05, 0.1) is 6.67 Å². The van der Waals surface area contributed by atoms with Gasteiger partial charge < -0.3 is 10.2 Å². The Morgan fingerprint density at radius 2 is 2.33 bits per heavy atom. The Labute approximate surface area is 93.2 Å². The molecule has 1 saturated heterocycles. The second-order valence-electron chi connectivity index (χ2n) is 4.64. The minimum absolute atomic E-state index is 0.183. The second-order valence-corrected chi connectivity index (χ2v) is 4.64. The van der Waals surface area contributed by atoms with Gasteiger partial charge in [-0.1, -0.05) is 20.3 Å². The van der Waals surface area contributed by atoms with Crippen LogP contribution in [0.2, 0.25) is 0 Å². The van der Waals surface area contributed by atoms with Crippen LogP contribution in [0.15, 0.2) is 0 Å². The summed E-state index contributed by atoms with van der Waals surface area (Å²) in [7, 11) is 0. The summed E-state index contributed by atoms with van der Waals surface area (Å²) in [5.41, 5.74) is 0. The van der Waals surface area contributed by atoms with Crippen LogP contribution in [0.5, 0.6) is 0 Å². The Kier molecular flexibility index (Phi) is 6.18. The van der Waals surface area contributed by atoms with E-state index in [1.54, 1.807) is 0 Å². The van der Waals surface area contributed by atoms with Crippen molar-refractivity contribution < 1.29 is 4.39 Å². The molecule has 0 spiro atoms. The monoisotopic (exact) mass is 216 g/mol.